The van der Waals surface area contributed by atoms with E-state index in [2.05, 4.69) is 6.07 Å². The molecule has 7 heteroatoms. The highest BCUT2D eigenvalue weighted by Gasteiger charge is 2.28. The van der Waals surface area contributed by atoms with Gasteiger partial charge < -0.3 is 14.2 Å². The van der Waals surface area contributed by atoms with Gasteiger partial charge in [0.15, 0.2) is 11.5 Å². The molecule has 150 valence electrons. The molecule has 2 aromatic carbocycles. The number of hydrogen-bond acceptors (Lipinski definition) is 6. The van der Waals surface area contributed by atoms with E-state index in [1.165, 1.54) is 0 Å². The van der Waals surface area contributed by atoms with Gasteiger partial charge in [-0.15, -0.1) is 11.8 Å². The lowest BCUT2D eigenvalue weighted by molar-refractivity contribution is 0.174. The molecule has 5 rings (SSSR count). The van der Waals surface area contributed by atoms with Gasteiger partial charge in [-0.05, 0) is 47.9 Å². The molecule has 0 saturated carbocycles. The average Bonchev–Trinajstić information content (AvgIpc) is 3.24. The van der Waals surface area contributed by atoms with Gasteiger partial charge in [0.1, 0.15) is 11.6 Å². The van der Waals surface area contributed by atoms with Crippen LogP contribution < -0.4 is 14.2 Å². The highest BCUT2D eigenvalue weighted by Crippen LogP contribution is 2.48. The SMILES string of the molecule is CCCOc1nc2c(c(-c3ccc4c(c3)OCO4)c1C#N)CSc1ccc(Cl)cc1-2. The molecule has 0 amide bonds. The maximum atomic E-state index is 10.0. The van der Waals surface area contributed by atoms with Crippen molar-refractivity contribution in [2.24, 2.45) is 0 Å². The minimum absolute atomic E-state index is 0.199. The summed E-state index contributed by atoms with van der Waals surface area (Å²) >= 11 is 8.01. The smallest absolute Gasteiger partial charge is 0.232 e. The van der Waals surface area contributed by atoms with Crippen molar-refractivity contribution in [3.63, 3.8) is 0 Å². The van der Waals surface area contributed by atoms with Gasteiger partial charge in [-0.2, -0.15) is 5.26 Å². The fourth-order valence-electron chi connectivity index (χ4n) is 3.71. The van der Waals surface area contributed by atoms with Gasteiger partial charge in [-0.25, -0.2) is 4.98 Å². The minimum atomic E-state index is 0.199. The highest BCUT2D eigenvalue weighted by atomic mass is 35.5. The Hall–Kier alpha value is -2.88. The molecule has 0 N–H and O–H groups in total. The Morgan fingerprint density at radius 3 is 2.90 bits per heavy atom. The first-order valence-corrected chi connectivity index (χ1v) is 11.0. The molecule has 1 aromatic heterocycles. The molecule has 0 fully saturated rings. The van der Waals surface area contributed by atoms with Gasteiger partial charge >= 0.3 is 0 Å². The van der Waals surface area contributed by atoms with Gasteiger partial charge in [0.05, 0.1) is 12.3 Å². The number of nitrogens with zero attached hydrogens (tertiary/aromatic N) is 2. The molecule has 0 radical (unpaired) electrons. The third-order valence-corrected chi connectivity index (χ3v) is 6.38. The van der Waals surface area contributed by atoms with Gasteiger partial charge in [0.25, 0.3) is 0 Å². The van der Waals surface area contributed by atoms with E-state index in [1.54, 1.807) is 11.8 Å². The quantitative estimate of drug-likeness (QED) is 0.495. The molecule has 0 spiro atoms. The Morgan fingerprint density at radius 1 is 1.20 bits per heavy atom. The van der Waals surface area contributed by atoms with E-state index in [0.29, 0.717) is 40.3 Å². The predicted molar refractivity (Wildman–Crippen MR) is 116 cm³/mol. The Labute approximate surface area is 183 Å². The summed E-state index contributed by atoms with van der Waals surface area (Å²) in [6, 6.07) is 13.9. The Kier molecular flexibility index (Phi) is 4.93. The zero-order chi connectivity index (χ0) is 20.7. The molecule has 0 aliphatic carbocycles. The first-order chi connectivity index (χ1) is 14.7. The number of thioether (sulfide) groups is 1. The van der Waals surface area contributed by atoms with Crippen LogP contribution in [0, 0.1) is 11.3 Å². The molecular formula is C23H17ClN2O3S. The summed E-state index contributed by atoms with van der Waals surface area (Å²) in [5.41, 5.74) is 4.90. The maximum absolute atomic E-state index is 10.0. The number of fused-ring (bicyclic) bond motifs is 4. The lowest BCUT2D eigenvalue weighted by Gasteiger charge is -2.24. The third-order valence-electron chi connectivity index (χ3n) is 5.05. The number of rotatable bonds is 4. The van der Waals surface area contributed by atoms with Crippen molar-refractivity contribution >= 4 is 23.4 Å². The van der Waals surface area contributed by atoms with E-state index >= 15 is 0 Å². The predicted octanol–water partition coefficient (Wildman–Crippen LogP) is 6.06. The maximum Gasteiger partial charge on any atom is 0.232 e. The summed E-state index contributed by atoms with van der Waals surface area (Å²) in [4.78, 5) is 5.90. The lowest BCUT2D eigenvalue weighted by atomic mass is 9.92. The van der Waals surface area contributed by atoms with Gasteiger partial charge in [0.2, 0.25) is 12.7 Å². The first-order valence-electron chi connectivity index (χ1n) is 9.62. The number of pyridine rings is 1. The van der Waals surface area contributed by atoms with Crippen LogP contribution in [0.25, 0.3) is 22.4 Å². The molecule has 2 aliphatic heterocycles. The number of hydrogen-bond donors (Lipinski definition) is 0. The van der Waals surface area contributed by atoms with Crippen LogP contribution in [-0.2, 0) is 5.75 Å². The number of aromatic nitrogens is 1. The van der Waals surface area contributed by atoms with Crippen molar-refractivity contribution in [2.75, 3.05) is 13.4 Å². The van der Waals surface area contributed by atoms with E-state index < -0.39 is 0 Å². The average molecular weight is 437 g/mol. The minimum Gasteiger partial charge on any atom is -0.477 e. The van der Waals surface area contributed by atoms with Crippen molar-refractivity contribution in [3.8, 4) is 45.8 Å². The van der Waals surface area contributed by atoms with Gasteiger partial charge in [-0.1, -0.05) is 24.6 Å². The molecule has 0 unspecified atom stereocenters. The monoisotopic (exact) mass is 436 g/mol. The van der Waals surface area contributed by atoms with Crippen LogP contribution in [0.1, 0.15) is 24.5 Å². The second kappa shape index (κ2) is 7.75. The van der Waals surface area contributed by atoms with Gasteiger partial charge in [-0.3, -0.25) is 0 Å². The van der Waals surface area contributed by atoms with Crippen molar-refractivity contribution in [1.29, 1.82) is 5.26 Å². The summed E-state index contributed by atoms with van der Waals surface area (Å²) in [7, 11) is 0. The van der Waals surface area contributed by atoms with E-state index in [4.69, 9.17) is 30.8 Å². The molecular weight excluding hydrogens is 420 g/mol. The van der Waals surface area contributed by atoms with Crippen LogP contribution in [0.4, 0.5) is 0 Å². The van der Waals surface area contributed by atoms with Crippen molar-refractivity contribution in [3.05, 3.63) is 52.5 Å². The highest BCUT2D eigenvalue weighted by molar-refractivity contribution is 7.98. The first kappa shape index (κ1) is 19.1. The van der Waals surface area contributed by atoms with E-state index in [-0.39, 0.29) is 6.79 Å². The molecule has 3 heterocycles. The summed E-state index contributed by atoms with van der Waals surface area (Å²) in [6.07, 6.45) is 0.821. The fraction of sp³-hybridized carbons (Fsp3) is 0.217. The molecule has 0 atom stereocenters. The number of halogens is 1. The lowest BCUT2D eigenvalue weighted by Crippen LogP contribution is -2.08. The second-order valence-electron chi connectivity index (χ2n) is 6.95. The van der Waals surface area contributed by atoms with E-state index in [1.807, 2.05) is 43.3 Å². The van der Waals surface area contributed by atoms with Crippen LogP contribution in [0.15, 0.2) is 41.3 Å². The summed E-state index contributed by atoms with van der Waals surface area (Å²) < 4.78 is 16.9. The Morgan fingerprint density at radius 2 is 2.07 bits per heavy atom. The molecule has 30 heavy (non-hydrogen) atoms. The molecule has 5 nitrogen and oxygen atoms in total. The standard InChI is InChI=1S/C23H17ClN2O3S/c1-2-7-27-23-16(10-25)21(13-3-5-18-19(8-13)29-12-28-18)17-11-30-20-6-4-14(24)9-15(20)22(17)26-23/h3-6,8-9H,2,7,11-12H2,1H3. The molecule has 2 aliphatic rings. The zero-order valence-electron chi connectivity index (χ0n) is 16.2. The van der Waals surface area contributed by atoms with Crippen molar-refractivity contribution < 1.29 is 14.2 Å². The van der Waals surface area contributed by atoms with Crippen LogP contribution in [0.2, 0.25) is 5.02 Å². The van der Waals surface area contributed by atoms with Gasteiger partial charge in [0, 0.05) is 26.8 Å². The normalized spacial score (nSPS) is 13.4. The zero-order valence-corrected chi connectivity index (χ0v) is 17.8. The topological polar surface area (TPSA) is 64.4 Å². The fourth-order valence-corrected chi connectivity index (χ4v) is 4.93. The van der Waals surface area contributed by atoms with Crippen LogP contribution in [-0.4, -0.2) is 18.4 Å². The molecule has 0 bridgehead atoms. The van der Waals surface area contributed by atoms with Crippen molar-refractivity contribution in [1.82, 2.24) is 4.98 Å². The van der Waals surface area contributed by atoms with Crippen molar-refractivity contribution in [2.45, 2.75) is 24.0 Å². The molecule has 0 saturated heterocycles. The van der Waals surface area contributed by atoms with E-state index in [0.717, 1.165) is 39.3 Å². The second-order valence-corrected chi connectivity index (χ2v) is 8.41. The molecule has 3 aromatic rings. The number of ether oxygens (including phenoxy) is 3. The van der Waals surface area contributed by atoms with Crippen LogP contribution >= 0.6 is 23.4 Å². The third kappa shape index (κ3) is 3.15. The Balaban J connectivity index is 1.79. The van der Waals surface area contributed by atoms with E-state index in [9.17, 15) is 5.26 Å². The summed E-state index contributed by atoms with van der Waals surface area (Å²) in [5, 5.41) is 10.7. The number of benzene rings is 2. The van der Waals surface area contributed by atoms with Crippen LogP contribution in [0.3, 0.4) is 0 Å². The summed E-state index contributed by atoms with van der Waals surface area (Å²) in [5.74, 6) is 2.42. The largest absolute Gasteiger partial charge is 0.477 e. The summed E-state index contributed by atoms with van der Waals surface area (Å²) in [6.45, 7) is 2.71. The number of nitriles is 1. The Bertz CT molecular complexity index is 1210. The van der Waals surface area contributed by atoms with Crippen LogP contribution in [0.5, 0.6) is 17.4 Å².